The van der Waals surface area contributed by atoms with E-state index in [0.717, 1.165) is 61.2 Å². The summed E-state index contributed by atoms with van der Waals surface area (Å²) in [6, 6.07) is 17.2. The number of aryl methyl sites for hydroxylation is 1. The second-order valence-corrected chi connectivity index (χ2v) is 8.67. The maximum absolute atomic E-state index is 4.82. The second kappa shape index (κ2) is 11.0. The lowest BCUT2D eigenvalue weighted by atomic mass is 9.89. The van der Waals surface area contributed by atoms with E-state index in [0.29, 0.717) is 0 Å². The molecule has 0 aromatic heterocycles. The predicted molar refractivity (Wildman–Crippen MR) is 135 cm³/mol. The highest BCUT2D eigenvalue weighted by atomic mass is 15.1. The molecule has 3 heteroatoms. The molecule has 0 unspecified atom stereocenters. The van der Waals surface area contributed by atoms with Crippen molar-refractivity contribution in [1.82, 2.24) is 10.2 Å². The van der Waals surface area contributed by atoms with Crippen molar-refractivity contribution in [1.29, 1.82) is 0 Å². The molecule has 2 aromatic carbocycles. The smallest absolute Gasteiger partial charge is 0.0662 e. The zero-order valence-corrected chi connectivity index (χ0v) is 19.5. The van der Waals surface area contributed by atoms with Crippen LogP contribution >= 0.6 is 0 Å². The SMILES string of the molecule is C=C(NCCC)c1ccc(CC2CCN(C(=C)C(C)=Nc3ccccc3C)CC2)cc1. The van der Waals surface area contributed by atoms with Crippen LogP contribution in [-0.4, -0.2) is 30.2 Å². The van der Waals surface area contributed by atoms with Crippen molar-refractivity contribution in [3.63, 3.8) is 0 Å². The van der Waals surface area contributed by atoms with Gasteiger partial charge in [-0.05, 0) is 68.2 Å². The van der Waals surface area contributed by atoms with Gasteiger partial charge in [0.15, 0.2) is 0 Å². The third-order valence-electron chi connectivity index (χ3n) is 6.23. The normalized spacial score (nSPS) is 15.1. The molecule has 0 spiro atoms. The second-order valence-electron chi connectivity index (χ2n) is 8.67. The molecule has 3 rings (SSSR count). The first-order valence-corrected chi connectivity index (χ1v) is 11.5. The number of para-hydroxylation sites is 1. The highest BCUT2D eigenvalue weighted by Crippen LogP contribution is 2.26. The fourth-order valence-corrected chi connectivity index (χ4v) is 4.12. The van der Waals surface area contributed by atoms with Crippen molar-refractivity contribution in [2.45, 2.75) is 46.5 Å². The van der Waals surface area contributed by atoms with Crippen LogP contribution in [0.1, 0.15) is 49.8 Å². The third kappa shape index (κ3) is 6.33. The van der Waals surface area contributed by atoms with Gasteiger partial charge in [-0.2, -0.15) is 0 Å². The van der Waals surface area contributed by atoms with Crippen LogP contribution in [0.3, 0.4) is 0 Å². The number of likely N-dealkylation sites (tertiary alicyclic amines) is 1. The average Bonchev–Trinajstić information content (AvgIpc) is 2.79. The Morgan fingerprint density at radius 1 is 1.06 bits per heavy atom. The van der Waals surface area contributed by atoms with Gasteiger partial charge in [0.1, 0.15) is 0 Å². The van der Waals surface area contributed by atoms with Crippen LogP contribution in [0.15, 0.2) is 72.4 Å². The van der Waals surface area contributed by atoms with Crippen LogP contribution in [0.2, 0.25) is 0 Å². The molecular weight excluding hydrogens is 378 g/mol. The van der Waals surface area contributed by atoms with Crippen LogP contribution in [0.5, 0.6) is 0 Å². The van der Waals surface area contributed by atoms with Crippen molar-refractivity contribution in [2.75, 3.05) is 19.6 Å². The number of nitrogens with zero attached hydrogens (tertiary/aromatic N) is 2. The number of piperidine rings is 1. The van der Waals surface area contributed by atoms with Gasteiger partial charge in [0.25, 0.3) is 0 Å². The van der Waals surface area contributed by atoms with Gasteiger partial charge in [-0.1, -0.05) is 62.5 Å². The van der Waals surface area contributed by atoms with Gasteiger partial charge < -0.3 is 10.2 Å². The summed E-state index contributed by atoms with van der Waals surface area (Å²) in [4.78, 5) is 7.23. The van der Waals surface area contributed by atoms with Gasteiger partial charge in [0, 0.05) is 25.3 Å². The monoisotopic (exact) mass is 415 g/mol. The highest BCUT2D eigenvalue weighted by Gasteiger charge is 2.21. The predicted octanol–water partition coefficient (Wildman–Crippen LogP) is 6.53. The molecule has 0 atom stereocenters. The van der Waals surface area contributed by atoms with E-state index < -0.39 is 0 Å². The summed E-state index contributed by atoms with van der Waals surface area (Å²) in [5, 5.41) is 3.37. The molecule has 1 heterocycles. The van der Waals surface area contributed by atoms with Crippen molar-refractivity contribution in [3.8, 4) is 0 Å². The molecule has 0 radical (unpaired) electrons. The van der Waals surface area contributed by atoms with Crippen LogP contribution < -0.4 is 5.32 Å². The standard InChI is InChI=1S/C28H37N3/c1-6-17-29-23(4)27-13-11-25(12-14-27)20-26-15-18-31(19-16-26)24(5)22(3)30-28-10-8-7-9-21(28)2/h7-14,26,29H,4-6,15-20H2,1-3H3. The zero-order chi connectivity index (χ0) is 22.2. The van der Waals surface area contributed by atoms with Crippen LogP contribution in [0, 0.1) is 12.8 Å². The summed E-state index contributed by atoms with van der Waals surface area (Å²) >= 11 is 0. The Morgan fingerprint density at radius 3 is 2.39 bits per heavy atom. The van der Waals surface area contributed by atoms with Crippen molar-refractivity contribution in [3.05, 3.63) is 84.1 Å². The molecule has 0 amide bonds. The summed E-state index contributed by atoms with van der Waals surface area (Å²) in [5.41, 5.74) is 7.93. The average molecular weight is 416 g/mol. The minimum Gasteiger partial charge on any atom is -0.385 e. The number of hydrogen-bond acceptors (Lipinski definition) is 3. The molecule has 1 aliphatic heterocycles. The van der Waals surface area contributed by atoms with Gasteiger partial charge in [-0.25, -0.2) is 0 Å². The number of nitrogens with one attached hydrogen (secondary N) is 1. The largest absolute Gasteiger partial charge is 0.385 e. The maximum atomic E-state index is 4.82. The zero-order valence-electron chi connectivity index (χ0n) is 19.5. The Balaban J connectivity index is 1.51. The van der Waals surface area contributed by atoms with Crippen LogP contribution in [-0.2, 0) is 6.42 Å². The van der Waals surface area contributed by atoms with Crippen molar-refractivity contribution >= 4 is 17.1 Å². The first-order chi connectivity index (χ1) is 15.0. The number of hydrogen-bond donors (Lipinski definition) is 1. The minimum atomic E-state index is 0.727. The van der Waals surface area contributed by atoms with E-state index in [1.807, 2.05) is 6.07 Å². The Kier molecular flexibility index (Phi) is 8.11. The van der Waals surface area contributed by atoms with Gasteiger partial charge >= 0.3 is 0 Å². The molecule has 0 saturated carbocycles. The first kappa shape index (κ1) is 22.9. The van der Waals surface area contributed by atoms with E-state index in [4.69, 9.17) is 4.99 Å². The molecule has 3 nitrogen and oxygen atoms in total. The summed E-state index contributed by atoms with van der Waals surface area (Å²) in [6.07, 6.45) is 4.65. The number of benzene rings is 2. The van der Waals surface area contributed by atoms with Crippen LogP contribution in [0.25, 0.3) is 5.70 Å². The Bertz CT molecular complexity index is 916. The van der Waals surface area contributed by atoms with E-state index in [9.17, 15) is 0 Å². The van der Waals surface area contributed by atoms with E-state index in [-0.39, 0.29) is 0 Å². The first-order valence-electron chi connectivity index (χ1n) is 11.5. The molecule has 1 saturated heterocycles. The van der Waals surface area contributed by atoms with Crippen molar-refractivity contribution in [2.24, 2.45) is 10.9 Å². The van der Waals surface area contributed by atoms with Gasteiger partial charge in [-0.3, -0.25) is 4.99 Å². The lowest BCUT2D eigenvalue weighted by Crippen LogP contribution is -2.35. The quantitative estimate of drug-likeness (QED) is 0.472. The molecular formula is C28H37N3. The molecule has 31 heavy (non-hydrogen) atoms. The topological polar surface area (TPSA) is 27.6 Å². The maximum Gasteiger partial charge on any atom is 0.0662 e. The molecule has 1 fully saturated rings. The summed E-state index contributed by atoms with van der Waals surface area (Å²) in [5.74, 6) is 0.727. The van der Waals surface area contributed by atoms with Gasteiger partial charge in [-0.15, -0.1) is 0 Å². The summed E-state index contributed by atoms with van der Waals surface area (Å²) in [7, 11) is 0. The molecule has 1 N–H and O–H groups in total. The molecule has 0 bridgehead atoms. The third-order valence-corrected chi connectivity index (χ3v) is 6.23. The van der Waals surface area contributed by atoms with E-state index >= 15 is 0 Å². The molecule has 2 aromatic rings. The summed E-state index contributed by atoms with van der Waals surface area (Å²) < 4.78 is 0. The molecule has 1 aliphatic rings. The number of rotatable bonds is 9. The van der Waals surface area contributed by atoms with Crippen LogP contribution in [0.4, 0.5) is 5.69 Å². The number of allylic oxidation sites excluding steroid dienone is 1. The van der Waals surface area contributed by atoms with E-state index in [1.54, 1.807) is 0 Å². The van der Waals surface area contributed by atoms with Crippen molar-refractivity contribution < 1.29 is 0 Å². The molecule has 164 valence electrons. The highest BCUT2D eigenvalue weighted by molar-refractivity contribution is 5.98. The lowest BCUT2D eigenvalue weighted by Gasteiger charge is -2.34. The van der Waals surface area contributed by atoms with E-state index in [2.05, 4.69) is 86.6 Å². The molecule has 0 aliphatic carbocycles. The minimum absolute atomic E-state index is 0.727. The van der Waals surface area contributed by atoms with E-state index in [1.165, 1.54) is 29.5 Å². The van der Waals surface area contributed by atoms with Gasteiger partial charge in [0.2, 0.25) is 0 Å². The lowest BCUT2D eigenvalue weighted by molar-refractivity contribution is 0.234. The van der Waals surface area contributed by atoms with Gasteiger partial charge in [0.05, 0.1) is 17.1 Å². The Morgan fingerprint density at radius 2 is 1.74 bits per heavy atom. The fourth-order valence-electron chi connectivity index (χ4n) is 4.12. The Hall–Kier alpha value is -2.81. The summed E-state index contributed by atoms with van der Waals surface area (Å²) in [6.45, 7) is 17.9. The Labute approximate surface area is 188 Å². The fraction of sp³-hybridized carbons (Fsp3) is 0.393. The number of aliphatic imine (C=N–C) groups is 1.